The first kappa shape index (κ1) is 21.1. The Morgan fingerprint density at radius 2 is 1.71 bits per heavy atom. The lowest BCUT2D eigenvalue weighted by Crippen LogP contribution is -1.98. The summed E-state index contributed by atoms with van der Waals surface area (Å²) in [5.74, 6) is 2.23. The maximum atomic E-state index is 12.7. The summed E-state index contributed by atoms with van der Waals surface area (Å²) >= 11 is 12.0. The standard InChI is InChI=1S/C24H18Cl2O5/c1-28-20-8-4-14(10-22(20)29-2)11-23-24(27)17-6-5-16(12-21(17)31-23)30-13-15-3-7-18(25)19(26)9-15/h3-12H,13H2,1-2H3. The van der Waals surface area contributed by atoms with E-state index in [0.29, 0.717) is 45.2 Å². The van der Waals surface area contributed by atoms with Gasteiger partial charge in [0.25, 0.3) is 0 Å². The summed E-state index contributed by atoms with van der Waals surface area (Å²) in [6.07, 6.45) is 1.67. The molecule has 1 heterocycles. The van der Waals surface area contributed by atoms with Crippen LogP contribution in [0.1, 0.15) is 21.5 Å². The molecule has 1 aliphatic rings. The summed E-state index contributed by atoms with van der Waals surface area (Å²) < 4.78 is 22.2. The van der Waals surface area contributed by atoms with E-state index in [0.717, 1.165) is 11.1 Å². The second-order valence-electron chi connectivity index (χ2n) is 6.75. The fraction of sp³-hybridized carbons (Fsp3) is 0.125. The molecule has 1 aliphatic heterocycles. The van der Waals surface area contributed by atoms with Crippen LogP contribution in [-0.4, -0.2) is 20.0 Å². The van der Waals surface area contributed by atoms with Gasteiger partial charge in [-0.25, -0.2) is 0 Å². The Morgan fingerprint density at radius 3 is 2.45 bits per heavy atom. The third kappa shape index (κ3) is 4.48. The molecule has 0 atom stereocenters. The summed E-state index contributed by atoms with van der Waals surface area (Å²) in [6.45, 7) is 0.304. The van der Waals surface area contributed by atoms with Crippen LogP contribution in [0.5, 0.6) is 23.0 Å². The molecule has 0 bridgehead atoms. The van der Waals surface area contributed by atoms with E-state index in [1.54, 1.807) is 62.8 Å². The molecule has 0 aromatic heterocycles. The van der Waals surface area contributed by atoms with Gasteiger partial charge in [-0.3, -0.25) is 4.79 Å². The third-order valence-electron chi connectivity index (χ3n) is 4.74. The van der Waals surface area contributed by atoms with Crippen LogP contribution >= 0.6 is 23.2 Å². The van der Waals surface area contributed by atoms with Gasteiger partial charge in [0, 0.05) is 6.07 Å². The lowest BCUT2D eigenvalue weighted by Gasteiger charge is -2.08. The van der Waals surface area contributed by atoms with Crippen molar-refractivity contribution in [2.45, 2.75) is 6.61 Å². The van der Waals surface area contributed by atoms with Crippen molar-refractivity contribution in [1.82, 2.24) is 0 Å². The molecule has 0 saturated heterocycles. The molecule has 0 saturated carbocycles. The summed E-state index contributed by atoms with van der Waals surface area (Å²) in [5, 5.41) is 0.958. The van der Waals surface area contributed by atoms with Crippen LogP contribution in [0.3, 0.4) is 0 Å². The lowest BCUT2D eigenvalue weighted by atomic mass is 10.1. The van der Waals surface area contributed by atoms with E-state index in [1.807, 2.05) is 12.1 Å². The Kier molecular flexibility index (Phi) is 6.07. The number of methoxy groups -OCH3 is 2. The maximum absolute atomic E-state index is 12.7. The largest absolute Gasteiger partial charge is 0.493 e. The van der Waals surface area contributed by atoms with E-state index >= 15 is 0 Å². The molecule has 0 spiro atoms. The molecule has 0 radical (unpaired) electrons. The zero-order valence-electron chi connectivity index (χ0n) is 16.8. The van der Waals surface area contributed by atoms with Crippen molar-refractivity contribution in [2.24, 2.45) is 0 Å². The van der Waals surface area contributed by atoms with Gasteiger partial charge >= 0.3 is 0 Å². The van der Waals surface area contributed by atoms with Crippen molar-refractivity contribution < 1.29 is 23.7 Å². The van der Waals surface area contributed by atoms with E-state index in [4.69, 9.17) is 42.1 Å². The highest BCUT2D eigenvalue weighted by Crippen LogP contribution is 2.36. The molecule has 31 heavy (non-hydrogen) atoms. The number of allylic oxidation sites excluding steroid dienone is 1. The van der Waals surface area contributed by atoms with Crippen molar-refractivity contribution >= 4 is 35.1 Å². The third-order valence-corrected chi connectivity index (χ3v) is 5.48. The SMILES string of the molecule is COc1ccc(C=C2Oc3cc(OCc4ccc(Cl)c(Cl)c4)ccc3C2=O)cc1OC. The molecule has 5 nitrogen and oxygen atoms in total. The van der Waals surface area contributed by atoms with E-state index in [9.17, 15) is 4.79 Å². The highest BCUT2D eigenvalue weighted by molar-refractivity contribution is 6.42. The number of ether oxygens (including phenoxy) is 4. The Hall–Kier alpha value is -3.15. The first-order valence-electron chi connectivity index (χ1n) is 9.35. The number of halogens is 2. The number of fused-ring (bicyclic) bond motifs is 1. The average Bonchev–Trinajstić information content (AvgIpc) is 3.09. The highest BCUT2D eigenvalue weighted by Gasteiger charge is 2.27. The van der Waals surface area contributed by atoms with Crippen LogP contribution in [-0.2, 0) is 6.61 Å². The average molecular weight is 457 g/mol. The van der Waals surface area contributed by atoms with Gasteiger partial charge < -0.3 is 18.9 Å². The first-order chi connectivity index (χ1) is 15.0. The van der Waals surface area contributed by atoms with E-state index in [1.165, 1.54) is 0 Å². The van der Waals surface area contributed by atoms with Crippen LogP contribution in [0.15, 0.2) is 60.4 Å². The van der Waals surface area contributed by atoms with Gasteiger partial charge in [-0.05, 0) is 53.6 Å². The van der Waals surface area contributed by atoms with E-state index < -0.39 is 0 Å². The first-order valence-corrected chi connectivity index (χ1v) is 10.1. The summed E-state index contributed by atoms with van der Waals surface area (Å²) in [4.78, 5) is 12.7. The molecule has 0 fully saturated rings. The minimum Gasteiger partial charge on any atom is -0.493 e. The van der Waals surface area contributed by atoms with Crippen LogP contribution in [0.4, 0.5) is 0 Å². The van der Waals surface area contributed by atoms with Gasteiger partial charge in [0.15, 0.2) is 17.3 Å². The van der Waals surface area contributed by atoms with Crippen molar-refractivity contribution in [1.29, 1.82) is 0 Å². The highest BCUT2D eigenvalue weighted by atomic mass is 35.5. The number of hydrogen-bond acceptors (Lipinski definition) is 5. The molecule has 7 heteroatoms. The zero-order chi connectivity index (χ0) is 22.0. The summed E-state index contributed by atoms with van der Waals surface area (Å²) in [5.41, 5.74) is 2.11. The molecule has 0 N–H and O–H groups in total. The summed E-state index contributed by atoms with van der Waals surface area (Å²) in [6, 6.07) is 15.8. The number of Topliss-reactive ketones (excluding diaryl/α,β-unsaturated/α-hetero) is 1. The fourth-order valence-corrected chi connectivity index (χ4v) is 3.47. The molecular formula is C24H18Cl2O5. The number of rotatable bonds is 6. The minimum atomic E-state index is -0.194. The Bertz CT molecular complexity index is 1190. The van der Waals surface area contributed by atoms with Gasteiger partial charge in [-0.1, -0.05) is 35.3 Å². The molecule has 4 rings (SSSR count). The minimum absolute atomic E-state index is 0.194. The maximum Gasteiger partial charge on any atom is 0.231 e. The number of benzene rings is 3. The second-order valence-corrected chi connectivity index (χ2v) is 7.56. The second kappa shape index (κ2) is 8.92. The van der Waals surface area contributed by atoms with Crippen molar-refractivity contribution in [3.8, 4) is 23.0 Å². The number of ketones is 1. The number of carbonyl (C=O) groups is 1. The summed E-state index contributed by atoms with van der Waals surface area (Å²) in [7, 11) is 3.12. The van der Waals surface area contributed by atoms with E-state index in [2.05, 4.69) is 0 Å². The smallest absolute Gasteiger partial charge is 0.231 e. The number of carbonyl (C=O) groups excluding carboxylic acids is 1. The Morgan fingerprint density at radius 1 is 0.903 bits per heavy atom. The quantitative estimate of drug-likeness (QED) is 0.412. The van der Waals surface area contributed by atoms with Crippen molar-refractivity contribution in [2.75, 3.05) is 14.2 Å². The lowest BCUT2D eigenvalue weighted by molar-refractivity contribution is 0.101. The molecule has 0 unspecified atom stereocenters. The normalized spacial score (nSPS) is 13.7. The zero-order valence-corrected chi connectivity index (χ0v) is 18.3. The van der Waals surface area contributed by atoms with Crippen molar-refractivity contribution in [3.05, 3.63) is 87.1 Å². The van der Waals surface area contributed by atoms with Gasteiger partial charge in [0.05, 0.1) is 29.8 Å². The van der Waals surface area contributed by atoms with Crippen LogP contribution in [0.25, 0.3) is 6.08 Å². The van der Waals surface area contributed by atoms with Gasteiger partial charge in [-0.2, -0.15) is 0 Å². The van der Waals surface area contributed by atoms with Crippen LogP contribution in [0.2, 0.25) is 10.0 Å². The van der Waals surface area contributed by atoms with Crippen LogP contribution < -0.4 is 18.9 Å². The van der Waals surface area contributed by atoms with E-state index in [-0.39, 0.29) is 11.5 Å². The fourth-order valence-electron chi connectivity index (χ4n) is 3.15. The van der Waals surface area contributed by atoms with Gasteiger partial charge in [-0.15, -0.1) is 0 Å². The predicted octanol–water partition coefficient (Wildman–Crippen LogP) is 6.21. The molecule has 0 amide bonds. The molecule has 3 aromatic rings. The Labute approximate surface area is 189 Å². The Balaban J connectivity index is 1.51. The molecule has 3 aromatic carbocycles. The topological polar surface area (TPSA) is 54.0 Å². The predicted molar refractivity (Wildman–Crippen MR) is 120 cm³/mol. The van der Waals surface area contributed by atoms with Gasteiger partial charge in [0.1, 0.15) is 18.1 Å². The molecule has 158 valence electrons. The van der Waals surface area contributed by atoms with Crippen LogP contribution in [0, 0.1) is 0 Å². The van der Waals surface area contributed by atoms with Gasteiger partial charge in [0.2, 0.25) is 5.78 Å². The van der Waals surface area contributed by atoms with Crippen molar-refractivity contribution in [3.63, 3.8) is 0 Å². The molecule has 0 aliphatic carbocycles. The number of hydrogen-bond donors (Lipinski definition) is 0. The molecular weight excluding hydrogens is 439 g/mol. The monoisotopic (exact) mass is 456 g/mol.